The van der Waals surface area contributed by atoms with Gasteiger partial charge in [0.15, 0.2) is 0 Å². The van der Waals surface area contributed by atoms with Crippen molar-refractivity contribution in [2.75, 3.05) is 16.8 Å². The van der Waals surface area contributed by atoms with E-state index in [2.05, 4.69) is 26.6 Å². The van der Waals surface area contributed by atoms with Crippen LogP contribution in [-0.2, 0) is 14.4 Å². The molecule has 2 unspecified atom stereocenters. The van der Waals surface area contributed by atoms with Crippen molar-refractivity contribution in [3.63, 3.8) is 0 Å². The number of nitrogens with one attached hydrogen (secondary N) is 2. The molecule has 0 saturated carbocycles. The normalized spacial score (nSPS) is 17.1. The Balaban J connectivity index is 1.60. The summed E-state index contributed by atoms with van der Waals surface area (Å²) < 4.78 is 0.892. The predicted octanol–water partition coefficient (Wildman–Crippen LogP) is 4.03. The van der Waals surface area contributed by atoms with Crippen LogP contribution in [0.5, 0.6) is 0 Å². The summed E-state index contributed by atoms with van der Waals surface area (Å²) in [5.74, 6) is -0.606. The predicted molar refractivity (Wildman–Crippen MR) is 117 cm³/mol. The lowest BCUT2D eigenvalue weighted by Crippen LogP contribution is -2.34. The van der Waals surface area contributed by atoms with Crippen LogP contribution in [0, 0.1) is 5.92 Å². The summed E-state index contributed by atoms with van der Waals surface area (Å²) in [6.45, 7) is 4.07. The standard InChI is InChI=1S/C22H24BrN3O3/c1-3-20(27)25-18-9-7-15(8-10-18)14(2)24-22(29)16-11-21(28)26(13-16)19-6-4-5-17(23)12-19/h4-10,12,14,16H,3,11,13H2,1-2H3,(H,24,29)(H,25,27). The molecule has 2 aromatic rings. The molecule has 7 heteroatoms. The molecule has 0 aromatic heterocycles. The quantitative estimate of drug-likeness (QED) is 0.686. The Labute approximate surface area is 178 Å². The molecule has 0 bridgehead atoms. The van der Waals surface area contributed by atoms with Crippen LogP contribution in [0.2, 0.25) is 0 Å². The molecule has 0 aliphatic carbocycles. The summed E-state index contributed by atoms with van der Waals surface area (Å²) in [6, 6.07) is 14.7. The molecule has 2 N–H and O–H groups in total. The van der Waals surface area contributed by atoms with Crippen molar-refractivity contribution in [3.8, 4) is 0 Å². The summed E-state index contributed by atoms with van der Waals surface area (Å²) in [7, 11) is 0. The maximum absolute atomic E-state index is 12.7. The fraction of sp³-hybridized carbons (Fsp3) is 0.318. The highest BCUT2D eigenvalue weighted by molar-refractivity contribution is 9.10. The van der Waals surface area contributed by atoms with Crippen molar-refractivity contribution in [2.45, 2.75) is 32.7 Å². The SMILES string of the molecule is CCC(=O)Nc1ccc(C(C)NC(=O)C2CC(=O)N(c3cccc(Br)c3)C2)cc1. The third-order valence-electron chi connectivity index (χ3n) is 4.99. The van der Waals surface area contributed by atoms with Crippen molar-refractivity contribution in [3.05, 3.63) is 58.6 Å². The molecule has 152 valence electrons. The molecule has 1 aliphatic rings. The van der Waals surface area contributed by atoms with Gasteiger partial charge in [-0.05, 0) is 42.8 Å². The molecule has 1 saturated heterocycles. The minimum atomic E-state index is -0.382. The van der Waals surface area contributed by atoms with Gasteiger partial charge in [0.2, 0.25) is 17.7 Å². The molecular weight excluding hydrogens is 434 g/mol. The van der Waals surface area contributed by atoms with E-state index in [-0.39, 0.29) is 36.1 Å². The zero-order valence-electron chi connectivity index (χ0n) is 16.4. The van der Waals surface area contributed by atoms with Crippen molar-refractivity contribution >= 4 is 45.0 Å². The van der Waals surface area contributed by atoms with Crippen LogP contribution in [-0.4, -0.2) is 24.3 Å². The first-order valence-corrected chi connectivity index (χ1v) is 10.4. The van der Waals surface area contributed by atoms with Crippen molar-refractivity contribution in [2.24, 2.45) is 5.92 Å². The second kappa shape index (κ2) is 9.22. The monoisotopic (exact) mass is 457 g/mol. The Kier molecular flexibility index (Phi) is 6.69. The number of nitrogens with zero attached hydrogens (tertiary/aromatic N) is 1. The van der Waals surface area contributed by atoms with E-state index in [0.717, 1.165) is 21.4 Å². The summed E-state index contributed by atoms with van der Waals surface area (Å²) in [5, 5.41) is 5.80. The van der Waals surface area contributed by atoms with E-state index in [1.165, 1.54) is 0 Å². The van der Waals surface area contributed by atoms with Crippen LogP contribution in [0.15, 0.2) is 53.0 Å². The Bertz CT molecular complexity index is 914. The molecule has 1 heterocycles. The summed E-state index contributed by atoms with van der Waals surface area (Å²) in [4.78, 5) is 38.2. The third-order valence-corrected chi connectivity index (χ3v) is 5.48. The number of hydrogen-bond donors (Lipinski definition) is 2. The third kappa shape index (κ3) is 5.23. The maximum Gasteiger partial charge on any atom is 0.227 e. The van der Waals surface area contributed by atoms with E-state index in [4.69, 9.17) is 0 Å². The van der Waals surface area contributed by atoms with Gasteiger partial charge in [-0.3, -0.25) is 14.4 Å². The Morgan fingerprint density at radius 2 is 1.93 bits per heavy atom. The second-order valence-electron chi connectivity index (χ2n) is 7.14. The van der Waals surface area contributed by atoms with Gasteiger partial charge >= 0.3 is 0 Å². The Morgan fingerprint density at radius 1 is 1.21 bits per heavy atom. The lowest BCUT2D eigenvalue weighted by molar-refractivity contribution is -0.126. The first-order chi connectivity index (χ1) is 13.9. The molecule has 0 radical (unpaired) electrons. The summed E-state index contributed by atoms with van der Waals surface area (Å²) >= 11 is 3.41. The number of carbonyl (C=O) groups is 3. The van der Waals surface area contributed by atoms with Gasteiger partial charge in [-0.1, -0.05) is 41.1 Å². The van der Waals surface area contributed by atoms with Gasteiger partial charge in [0.25, 0.3) is 0 Å². The largest absolute Gasteiger partial charge is 0.349 e. The Hall–Kier alpha value is -2.67. The maximum atomic E-state index is 12.7. The van der Waals surface area contributed by atoms with E-state index in [9.17, 15) is 14.4 Å². The molecule has 2 aromatic carbocycles. The lowest BCUT2D eigenvalue weighted by atomic mass is 10.0. The van der Waals surface area contributed by atoms with E-state index < -0.39 is 0 Å². The number of benzene rings is 2. The number of hydrogen-bond acceptors (Lipinski definition) is 3. The fourth-order valence-corrected chi connectivity index (χ4v) is 3.68. The van der Waals surface area contributed by atoms with Crippen LogP contribution in [0.1, 0.15) is 38.3 Å². The van der Waals surface area contributed by atoms with Gasteiger partial charge in [0.1, 0.15) is 0 Å². The molecular formula is C22H24BrN3O3. The van der Waals surface area contributed by atoms with Crippen LogP contribution < -0.4 is 15.5 Å². The molecule has 3 amide bonds. The van der Waals surface area contributed by atoms with Crippen LogP contribution >= 0.6 is 15.9 Å². The highest BCUT2D eigenvalue weighted by Gasteiger charge is 2.35. The van der Waals surface area contributed by atoms with Gasteiger partial charge in [0.05, 0.1) is 12.0 Å². The van der Waals surface area contributed by atoms with Gasteiger partial charge in [-0.15, -0.1) is 0 Å². The highest BCUT2D eigenvalue weighted by Crippen LogP contribution is 2.28. The van der Waals surface area contributed by atoms with Crippen molar-refractivity contribution < 1.29 is 14.4 Å². The lowest BCUT2D eigenvalue weighted by Gasteiger charge is -2.19. The van der Waals surface area contributed by atoms with E-state index >= 15 is 0 Å². The number of halogens is 1. The molecule has 3 rings (SSSR count). The topological polar surface area (TPSA) is 78.5 Å². The molecule has 1 fully saturated rings. The number of rotatable bonds is 6. The van der Waals surface area contributed by atoms with Gasteiger partial charge in [0, 0.05) is 35.2 Å². The number of anilines is 2. The first kappa shape index (κ1) is 21.0. The first-order valence-electron chi connectivity index (χ1n) is 9.63. The van der Waals surface area contributed by atoms with Gasteiger partial charge in [-0.2, -0.15) is 0 Å². The van der Waals surface area contributed by atoms with Crippen molar-refractivity contribution in [1.29, 1.82) is 0 Å². The van der Waals surface area contributed by atoms with Crippen molar-refractivity contribution in [1.82, 2.24) is 5.32 Å². The van der Waals surface area contributed by atoms with E-state index in [0.29, 0.717) is 13.0 Å². The smallest absolute Gasteiger partial charge is 0.227 e. The van der Waals surface area contributed by atoms with E-state index in [1.807, 2.05) is 55.5 Å². The van der Waals surface area contributed by atoms with Crippen LogP contribution in [0.3, 0.4) is 0 Å². The van der Waals surface area contributed by atoms with Crippen LogP contribution in [0.4, 0.5) is 11.4 Å². The Morgan fingerprint density at radius 3 is 2.59 bits per heavy atom. The fourth-order valence-electron chi connectivity index (χ4n) is 3.30. The molecule has 6 nitrogen and oxygen atoms in total. The van der Waals surface area contributed by atoms with E-state index in [1.54, 1.807) is 11.8 Å². The highest BCUT2D eigenvalue weighted by atomic mass is 79.9. The summed E-state index contributed by atoms with van der Waals surface area (Å²) in [5.41, 5.74) is 2.45. The zero-order chi connectivity index (χ0) is 21.0. The number of carbonyl (C=O) groups excluding carboxylic acids is 3. The van der Waals surface area contributed by atoms with Crippen LogP contribution in [0.25, 0.3) is 0 Å². The molecule has 1 aliphatic heterocycles. The van der Waals surface area contributed by atoms with Gasteiger partial charge < -0.3 is 15.5 Å². The average Bonchev–Trinajstić information content (AvgIpc) is 3.10. The summed E-state index contributed by atoms with van der Waals surface area (Å²) in [6.07, 6.45) is 0.623. The average molecular weight is 458 g/mol. The molecule has 0 spiro atoms. The zero-order valence-corrected chi connectivity index (χ0v) is 18.0. The minimum absolute atomic E-state index is 0.0417. The molecule has 2 atom stereocenters. The minimum Gasteiger partial charge on any atom is -0.349 e. The second-order valence-corrected chi connectivity index (χ2v) is 8.05. The van der Waals surface area contributed by atoms with Gasteiger partial charge in [-0.25, -0.2) is 0 Å². The number of amides is 3. The molecule has 29 heavy (non-hydrogen) atoms.